The zero-order chi connectivity index (χ0) is 32.9. The molecule has 0 atom stereocenters. The molecule has 50 heavy (non-hydrogen) atoms. The Kier molecular flexibility index (Phi) is 5.45. The van der Waals surface area contributed by atoms with Crippen molar-refractivity contribution in [2.45, 2.75) is 0 Å². The van der Waals surface area contributed by atoms with Gasteiger partial charge in [0.15, 0.2) is 0 Å². The molecule has 9 aromatic carbocycles. The number of nitrogens with zero attached hydrogens (tertiary/aromatic N) is 1. The van der Waals surface area contributed by atoms with Gasteiger partial charge in [0, 0.05) is 21.9 Å². The van der Waals surface area contributed by atoms with Crippen molar-refractivity contribution >= 4 is 43.1 Å². The highest BCUT2D eigenvalue weighted by molar-refractivity contribution is 6.27. The Morgan fingerprint density at radius 1 is 0.340 bits per heavy atom. The van der Waals surface area contributed by atoms with Crippen LogP contribution in [0, 0.1) is 11.3 Å². The first kappa shape index (κ1) is 27.1. The Bertz CT molecular complexity index is 3000. The van der Waals surface area contributed by atoms with E-state index in [9.17, 15) is 5.26 Å². The maximum Gasteiger partial charge on any atom is 0.135 e. The minimum Gasteiger partial charge on any atom is -0.456 e. The molecule has 0 saturated carbocycles. The van der Waals surface area contributed by atoms with Crippen molar-refractivity contribution in [3.8, 4) is 73.6 Å². The van der Waals surface area contributed by atoms with Gasteiger partial charge in [0.25, 0.3) is 0 Å². The van der Waals surface area contributed by atoms with Crippen molar-refractivity contribution in [2.75, 3.05) is 0 Å². The number of para-hydroxylation sites is 2. The average Bonchev–Trinajstić information content (AvgIpc) is 3.17. The molecular weight excluding hydrogens is 611 g/mol. The van der Waals surface area contributed by atoms with Crippen molar-refractivity contribution in [3.05, 3.63) is 157 Å². The molecule has 11 rings (SSSR count). The lowest BCUT2D eigenvalue weighted by Gasteiger charge is -2.25. The monoisotopic (exact) mass is 635 g/mol. The molecule has 2 heterocycles. The number of hydrogen-bond acceptors (Lipinski definition) is 3. The minimum atomic E-state index is 0.627. The third-order valence-electron chi connectivity index (χ3n) is 10.5. The van der Waals surface area contributed by atoms with E-state index in [0.717, 1.165) is 105 Å². The molecule has 0 amide bonds. The van der Waals surface area contributed by atoms with Crippen LogP contribution in [-0.4, -0.2) is 0 Å². The molecule has 9 aromatic rings. The first-order valence-corrected chi connectivity index (χ1v) is 16.8. The van der Waals surface area contributed by atoms with Crippen LogP contribution in [0.2, 0.25) is 0 Å². The zero-order valence-electron chi connectivity index (χ0n) is 26.7. The zero-order valence-corrected chi connectivity index (χ0v) is 26.7. The fourth-order valence-electron chi connectivity index (χ4n) is 8.42. The summed E-state index contributed by atoms with van der Waals surface area (Å²) in [6.45, 7) is 0. The lowest BCUT2D eigenvalue weighted by atomic mass is 9.81. The first-order valence-electron chi connectivity index (χ1n) is 16.8. The summed E-state index contributed by atoms with van der Waals surface area (Å²) in [5.74, 6) is 3.46. The molecule has 0 radical (unpaired) electrons. The van der Waals surface area contributed by atoms with E-state index in [2.05, 4.69) is 127 Å². The van der Waals surface area contributed by atoms with E-state index >= 15 is 0 Å². The van der Waals surface area contributed by atoms with Crippen molar-refractivity contribution < 1.29 is 9.47 Å². The van der Waals surface area contributed by atoms with Gasteiger partial charge in [-0.1, -0.05) is 115 Å². The first-order chi connectivity index (χ1) is 24.8. The minimum absolute atomic E-state index is 0.627. The van der Waals surface area contributed by atoms with Crippen LogP contribution in [0.3, 0.4) is 0 Å². The van der Waals surface area contributed by atoms with Crippen LogP contribution >= 0.6 is 0 Å². The molecule has 0 spiro atoms. The van der Waals surface area contributed by atoms with E-state index in [-0.39, 0.29) is 0 Å². The smallest absolute Gasteiger partial charge is 0.135 e. The number of nitriles is 1. The summed E-state index contributed by atoms with van der Waals surface area (Å²) in [6, 6.07) is 55.4. The predicted octanol–water partition coefficient (Wildman–Crippen LogP) is 13.1. The van der Waals surface area contributed by atoms with Crippen LogP contribution in [-0.2, 0) is 0 Å². The number of hydrogen-bond donors (Lipinski definition) is 0. The molecule has 2 aliphatic heterocycles. The van der Waals surface area contributed by atoms with Crippen LogP contribution in [0.25, 0.3) is 87.6 Å². The molecule has 0 saturated heterocycles. The lowest BCUT2D eigenvalue weighted by Crippen LogP contribution is -1.99. The van der Waals surface area contributed by atoms with Gasteiger partial charge >= 0.3 is 0 Å². The number of ether oxygens (including phenoxy) is 2. The molecule has 230 valence electrons. The highest BCUT2D eigenvalue weighted by Crippen LogP contribution is 2.53. The Morgan fingerprint density at radius 2 is 0.780 bits per heavy atom. The normalized spacial score (nSPS) is 12.3. The molecule has 0 aliphatic carbocycles. The summed E-state index contributed by atoms with van der Waals surface area (Å²) in [5, 5.41) is 19.1. The highest BCUT2D eigenvalue weighted by Gasteiger charge is 2.26. The molecule has 0 unspecified atom stereocenters. The third-order valence-corrected chi connectivity index (χ3v) is 10.5. The highest BCUT2D eigenvalue weighted by atomic mass is 16.5. The maximum absolute atomic E-state index is 10.2. The van der Waals surface area contributed by atoms with Crippen LogP contribution in [0.4, 0.5) is 0 Å². The molecular formula is C47H25NO2. The van der Waals surface area contributed by atoms with Gasteiger partial charge in [-0.25, -0.2) is 0 Å². The molecule has 0 fully saturated rings. The molecule has 0 N–H and O–H groups in total. The van der Waals surface area contributed by atoms with Crippen molar-refractivity contribution in [2.24, 2.45) is 0 Å². The molecule has 2 aliphatic rings. The van der Waals surface area contributed by atoms with E-state index in [1.165, 1.54) is 5.56 Å². The largest absolute Gasteiger partial charge is 0.456 e. The molecule has 0 bridgehead atoms. The molecule has 0 aromatic heterocycles. The van der Waals surface area contributed by atoms with Crippen molar-refractivity contribution in [1.82, 2.24) is 0 Å². The van der Waals surface area contributed by atoms with E-state index in [1.54, 1.807) is 0 Å². The van der Waals surface area contributed by atoms with Crippen LogP contribution < -0.4 is 9.47 Å². The van der Waals surface area contributed by atoms with Crippen LogP contribution in [0.5, 0.6) is 23.0 Å². The second kappa shape index (κ2) is 10.1. The van der Waals surface area contributed by atoms with Crippen molar-refractivity contribution in [3.63, 3.8) is 0 Å². The van der Waals surface area contributed by atoms with Gasteiger partial charge in [0.2, 0.25) is 0 Å². The molecule has 3 heteroatoms. The van der Waals surface area contributed by atoms with E-state index < -0.39 is 0 Å². The van der Waals surface area contributed by atoms with Crippen LogP contribution in [0.15, 0.2) is 152 Å². The summed E-state index contributed by atoms with van der Waals surface area (Å²) < 4.78 is 12.9. The summed E-state index contributed by atoms with van der Waals surface area (Å²) in [6.07, 6.45) is 0. The van der Waals surface area contributed by atoms with Gasteiger partial charge in [-0.2, -0.15) is 5.26 Å². The Hall–Kier alpha value is -6.89. The van der Waals surface area contributed by atoms with Gasteiger partial charge in [-0.05, 0) is 102 Å². The molecule has 3 nitrogen and oxygen atoms in total. The van der Waals surface area contributed by atoms with Crippen molar-refractivity contribution in [1.29, 1.82) is 5.26 Å². The number of benzene rings is 9. The second-order valence-electron chi connectivity index (χ2n) is 13.0. The van der Waals surface area contributed by atoms with E-state index in [0.29, 0.717) is 5.56 Å². The summed E-state index contributed by atoms with van der Waals surface area (Å²) in [7, 11) is 0. The summed E-state index contributed by atoms with van der Waals surface area (Å²) in [4.78, 5) is 0. The van der Waals surface area contributed by atoms with Gasteiger partial charge in [0.05, 0.1) is 11.6 Å². The summed E-state index contributed by atoms with van der Waals surface area (Å²) >= 11 is 0. The predicted molar refractivity (Wildman–Crippen MR) is 203 cm³/mol. The quantitative estimate of drug-likeness (QED) is 0.178. The van der Waals surface area contributed by atoms with Gasteiger partial charge < -0.3 is 9.47 Å². The Labute approximate surface area is 287 Å². The SMILES string of the molecule is N#Cc1ccc2c(-c3ccc4c5c(cccc35)Oc3ccccc3-4)c3ccccc3c(-c3ccc4c5c(cccc35)Oc3ccccc3-4)c2c1. The number of fused-ring (bicyclic) bond motifs is 6. The van der Waals surface area contributed by atoms with E-state index in [4.69, 9.17) is 9.47 Å². The Morgan fingerprint density at radius 3 is 1.34 bits per heavy atom. The average molecular weight is 636 g/mol. The lowest BCUT2D eigenvalue weighted by molar-refractivity contribution is 0.487. The second-order valence-corrected chi connectivity index (χ2v) is 13.0. The van der Waals surface area contributed by atoms with E-state index in [1.807, 2.05) is 30.3 Å². The topological polar surface area (TPSA) is 42.2 Å². The van der Waals surface area contributed by atoms with Gasteiger partial charge in [-0.3, -0.25) is 0 Å². The van der Waals surface area contributed by atoms with Gasteiger partial charge in [-0.15, -0.1) is 0 Å². The summed E-state index contributed by atoms with van der Waals surface area (Å²) in [5.41, 5.74) is 9.65. The Balaban J connectivity index is 1.26. The van der Waals surface area contributed by atoms with Gasteiger partial charge in [0.1, 0.15) is 23.0 Å². The fraction of sp³-hybridized carbons (Fsp3) is 0. The third kappa shape index (κ3) is 3.62. The van der Waals surface area contributed by atoms with Crippen LogP contribution in [0.1, 0.15) is 5.56 Å². The number of rotatable bonds is 2. The maximum atomic E-state index is 10.2. The fourth-order valence-corrected chi connectivity index (χ4v) is 8.42. The standard InChI is InChI=1S/C47H25NO2/c48-26-27-19-20-38-39(25-27)45(37-24-22-35-29-10-4-6-16-41(29)50-43-18-8-14-33(37)47(35)43)31-12-2-1-11-30(31)44(38)36-23-21-34-28-9-3-5-15-40(28)49-42-17-7-13-32(36)46(34)42/h1-25H.